The molecule has 2 N–H and O–H groups in total. The highest BCUT2D eigenvalue weighted by Crippen LogP contribution is 2.24. The van der Waals surface area contributed by atoms with Crippen molar-refractivity contribution in [1.82, 2.24) is 0 Å². The summed E-state index contributed by atoms with van der Waals surface area (Å²) in [6.07, 6.45) is -6.04. The van der Waals surface area contributed by atoms with Crippen molar-refractivity contribution >= 4 is 23.1 Å². The number of carbonyl (C=O) groups is 1. The highest BCUT2D eigenvalue weighted by molar-refractivity contribution is 6.33. The van der Waals surface area contributed by atoms with Gasteiger partial charge in [0.1, 0.15) is 0 Å². The lowest BCUT2D eigenvalue weighted by Crippen LogP contribution is -2.11. The van der Waals surface area contributed by atoms with Gasteiger partial charge in [-0.05, 0) is 18.2 Å². The molecule has 88 valence electrons. The molecular weight excluding hydrogens is 243 g/mol. The van der Waals surface area contributed by atoms with Gasteiger partial charge >= 0.3 is 6.18 Å². The minimum absolute atomic E-state index is 0.145. The number of rotatable bonds is 3. The van der Waals surface area contributed by atoms with Crippen LogP contribution < -0.4 is 5.73 Å². The van der Waals surface area contributed by atoms with E-state index in [1.54, 1.807) is 0 Å². The summed E-state index contributed by atoms with van der Waals surface area (Å²) < 4.78 is 35.6. The molecule has 0 spiro atoms. The quantitative estimate of drug-likeness (QED) is 0.660. The lowest BCUT2D eigenvalue weighted by atomic mass is 10.1. The Bertz CT molecular complexity index is 404. The number of halogens is 4. The number of nitrogens with two attached hydrogens (primary N) is 1. The van der Waals surface area contributed by atoms with Crippen molar-refractivity contribution in [2.24, 2.45) is 0 Å². The Hall–Kier alpha value is -1.23. The van der Waals surface area contributed by atoms with E-state index in [0.29, 0.717) is 0 Å². The van der Waals surface area contributed by atoms with Gasteiger partial charge in [-0.2, -0.15) is 13.2 Å². The van der Waals surface area contributed by atoms with Crippen molar-refractivity contribution in [2.75, 3.05) is 5.73 Å². The van der Waals surface area contributed by atoms with E-state index in [0.717, 1.165) is 0 Å². The summed E-state index contributed by atoms with van der Waals surface area (Å²) in [5, 5.41) is 0.271. The van der Waals surface area contributed by atoms with E-state index in [1.807, 2.05) is 0 Å². The second-order valence-electron chi connectivity index (χ2n) is 3.27. The molecule has 6 heteroatoms. The maximum atomic E-state index is 11.9. The molecule has 16 heavy (non-hydrogen) atoms. The maximum absolute atomic E-state index is 11.9. The first kappa shape index (κ1) is 12.8. The molecule has 0 aromatic heterocycles. The second-order valence-corrected chi connectivity index (χ2v) is 3.68. The molecule has 0 aliphatic rings. The third-order valence-corrected chi connectivity index (χ3v) is 2.30. The summed E-state index contributed by atoms with van der Waals surface area (Å²) in [7, 11) is 0. The summed E-state index contributed by atoms with van der Waals surface area (Å²) in [6, 6.07) is 4.02. The van der Waals surface area contributed by atoms with Gasteiger partial charge in [-0.25, -0.2) is 0 Å². The standard InChI is InChI=1S/C10H9ClF3NO/c11-7-2-1-6(5-8(7)15)9(16)3-4-10(12,13)14/h1-2,5H,3-4,15H2. The van der Waals surface area contributed by atoms with Gasteiger partial charge in [-0.15, -0.1) is 0 Å². The van der Waals surface area contributed by atoms with E-state index < -0.39 is 24.8 Å². The summed E-state index contributed by atoms with van der Waals surface area (Å²) in [5.41, 5.74) is 5.76. The number of nitrogen functional groups attached to an aromatic ring is 1. The normalized spacial score (nSPS) is 11.5. The average Bonchev–Trinajstić information content (AvgIpc) is 2.17. The lowest BCUT2D eigenvalue weighted by molar-refractivity contribution is -0.133. The second kappa shape index (κ2) is 4.74. The number of ketones is 1. The minimum atomic E-state index is -4.33. The Morgan fingerprint density at radius 1 is 1.38 bits per heavy atom. The molecule has 1 rings (SSSR count). The van der Waals surface area contributed by atoms with Gasteiger partial charge in [0.05, 0.1) is 17.1 Å². The number of anilines is 1. The van der Waals surface area contributed by atoms with E-state index in [1.165, 1.54) is 18.2 Å². The predicted molar refractivity (Wildman–Crippen MR) is 55.5 cm³/mol. The van der Waals surface area contributed by atoms with E-state index in [-0.39, 0.29) is 16.3 Å². The zero-order chi connectivity index (χ0) is 12.3. The van der Waals surface area contributed by atoms with E-state index in [9.17, 15) is 18.0 Å². The first-order valence-electron chi connectivity index (χ1n) is 4.44. The molecule has 2 nitrogen and oxygen atoms in total. The number of Topliss-reactive ketones (excluding diaryl/α,β-unsaturated/α-hetero) is 1. The SMILES string of the molecule is Nc1cc(C(=O)CCC(F)(F)F)ccc1Cl. The smallest absolute Gasteiger partial charge is 0.389 e. The number of hydrogen-bond donors (Lipinski definition) is 1. The monoisotopic (exact) mass is 251 g/mol. The van der Waals surface area contributed by atoms with Gasteiger partial charge in [0.25, 0.3) is 0 Å². The van der Waals surface area contributed by atoms with Crippen LogP contribution in [0, 0.1) is 0 Å². The van der Waals surface area contributed by atoms with E-state index in [2.05, 4.69) is 0 Å². The van der Waals surface area contributed by atoms with Crippen molar-refractivity contribution in [1.29, 1.82) is 0 Å². The van der Waals surface area contributed by atoms with Crippen LogP contribution in [0.4, 0.5) is 18.9 Å². The molecule has 0 aliphatic heterocycles. The van der Waals surface area contributed by atoms with Gasteiger partial charge in [-0.1, -0.05) is 11.6 Å². The molecule has 0 unspecified atom stereocenters. The van der Waals surface area contributed by atoms with Crippen LogP contribution in [0.15, 0.2) is 18.2 Å². The van der Waals surface area contributed by atoms with Gasteiger partial charge in [0.15, 0.2) is 5.78 Å². The van der Waals surface area contributed by atoms with Crippen molar-refractivity contribution in [3.8, 4) is 0 Å². The van der Waals surface area contributed by atoms with Crippen LogP contribution in [0.25, 0.3) is 0 Å². The lowest BCUT2D eigenvalue weighted by Gasteiger charge is -2.06. The van der Waals surface area contributed by atoms with Gasteiger partial charge in [0.2, 0.25) is 0 Å². The highest BCUT2D eigenvalue weighted by atomic mass is 35.5. The van der Waals surface area contributed by atoms with Crippen LogP contribution in [0.3, 0.4) is 0 Å². The molecule has 1 aromatic carbocycles. The molecule has 0 amide bonds. The van der Waals surface area contributed by atoms with Crippen LogP contribution in [-0.2, 0) is 0 Å². The fourth-order valence-electron chi connectivity index (χ4n) is 1.12. The first-order chi connectivity index (χ1) is 7.29. The van der Waals surface area contributed by atoms with Crippen molar-refractivity contribution in [3.05, 3.63) is 28.8 Å². The molecule has 0 aliphatic carbocycles. The van der Waals surface area contributed by atoms with Crippen LogP contribution in [0.5, 0.6) is 0 Å². The molecule has 0 saturated heterocycles. The van der Waals surface area contributed by atoms with Crippen molar-refractivity contribution in [2.45, 2.75) is 19.0 Å². The molecular formula is C10H9ClF3NO. The Kier molecular flexibility index (Phi) is 3.80. The number of hydrogen-bond acceptors (Lipinski definition) is 2. The number of carbonyl (C=O) groups excluding carboxylic acids is 1. The van der Waals surface area contributed by atoms with Gasteiger partial charge in [0, 0.05) is 12.0 Å². The third-order valence-electron chi connectivity index (χ3n) is 1.95. The molecule has 0 heterocycles. The van der Waals surface area contributed by atoms with Crippen LogP contribution in [0.1, 0.15) is 23.2 Å². The fraction of sp³-hybridized carbons (Fsp3) is 0.300. The van der Waals surface area contributed by atoms with Gasteiger partial charge < -0.3 is 5.73 Å². The minimum Gasteiger partial charge on any atom is -0.398 e. The summed E-state index contributed by atoms with van der Waals surface area (Å²) >= 11 is 5.62. The third kappa shape index (κ3) is 3.73. The topological polar surface area (TPSA) is 43.1 Å². The zero-order valence-electron chi connectivity index (χ0n) is 8.14. The summed E-state index contributed by atoms with van der Waals surface area (Å²) in [6.45, 7) is 0. The molecule has 0 atom stereocenters. The molecule has 0 fully saturated rings. The average molecular weight is 252 g/mol. The molecule has 0 bridgehead atoms. The van der Waals surface area contributed by atoms with Crippen molar-refractivity contribution < 1.29 is 18.0 Å². The Morgan fingerprint density at radius 2 is 2.00 bits per heavy atom. The van der Waals surface area contributed by atoms with E-state index in [4.69, 9.17) is 17.3 Å². The molecule has 1 aromatic rings. The van der Waals surface area contributed by atoms with Gasteiger partial charge in [-0.3, -0.25) is 4.79 Å². The summed E-state index contributed by atoms with van der Waals surface area (Å²) in [4.78, 5) is 11.4. The fourth-order valence-corrected chi connectivity index (χ4v) is 1.23. The van der Waals surface area contributed by atoms with Crippen molar-refractivity contribution in [3.63, 3.8) is 0 Å². The molecule has 0 saturated carbocycles. The molecule has 0 radical (unpaired) electrons. The highest BCUT2D eigenvalue weighted by Gasteiger charge is 2.28. The Balaban J connectivity index is 2.70. The number of alkyl halides is 3. The Labute approximate surface area is 95.2 Å². The number of benzene rings is 1. The maximum Gasteiger partial charge on any atom is 0.389 e. The Morgan fingerprint density at radius 3 is 2.50 bits per heavy atom. The summed E-state index contributed by atoms with van der Waals surface area (Å²) in [5.74, 6) is -0.597. The first-order valence-corrected chi connectivity index (χ1v) is 4.82. The predicted octanol–water partition coefficient (Wildman–Crippen LogP) is 3.45. The zero-order valence-corrected chi connectivity index (χ0v) is 8.90. The largest absolute Gasteiger partial charge is 0.398 e. The van der Waals surface area contributed by atoms with E-state index >= 15 is 0 Å². The van der Waals surface area contributed by atoms with Crippen LogP contribution >= 0.6 is 11.6 Å². The van der Waals surface area contributed by atoms with Crippen LogP contribution in [0.2, 0.25) is 5.02 Å². The van der Waals surface area contributed by atoms with Crippen LogP contribution in [-0.4, -0.2) is 12.0 Å².